The zero-order valence-corrected chi connectivity index (χ0v) is 14.6. The summed E-state index contributed by atoms with van der Waals surface area (Å²) in [4.78, 5) is 0. The number of pyridine rings is 1. The molecule has 0 radical (unpaired) electrons. The molecule has 3 aromatic rings. The summed E-state index contributed by atoms with van der Waals surface area (Å²) < 4.78 is 14.7. The summed E-state index contributed by atoms with van der Waals surface area (Å²) in [6.45, 7) is 7.16. The quantitative estimate of drug-likeness (QED) is 0.703. The molecule has 26 heavy (non-hydrogen) atoms. The fourth-order valence-corrected chi connectivity index (χ4v) is 3.34. The smallest absolute Gasteiger partial charge is 0.144 e. The highest BCUT2D eigenvalue weighted by atomic mass is 19.1. The van der Waals surface area contributed by atoms with Crippen LogP contribution >= 0.6 is 0 Å². The number of nitrogens with zero attached hydrogens (tertiary/aromatic N) is 3. The monoisotopic (exact) mass is 350 g/mol. The van der Waals surface area contributed by atoms with Crippen molar-refractivity contribution in [3.63, 3.8) is 0 Å². The van der Waals surface area contributed by atoms with Crippen LogP contribution < -0.4 is 5.73 Å². The van der Waals surface area contributed by atoms with E-state index in [2.05, 4.69) is 17.7 Å². The zero-order valence-electron chi connectivity index (χ0n) is 14.6. The third-order valence-corrected chi connectivity index (χ3v) is 4.48. The molecule has 3 N–H and O–H groups in total. The van der Waals surface area contributed by atoms with E-state index in [4.69, 9.17) is 5.73 Å². The number of nitrogen functional groups attached to an aromatic ring is 1. The third kappa shape index (κ3) is 2.72. The minimum Gasteiger partial charge on any atom is -0.385 e. The van der Waals surface area contributed by atoms with Gasteiger partial charge in [0, 0.05) is 11.1 Å². The van der Waals surface area contributed by atoms with Gasteiger partial charge in [-0.05, 0) is 44.0 Å². The SMILES string of the molecule is C=CCC(C)(O)c1c(C)nn2c(N)c(C#N)c(-c3ccc(F)cc3)cc12. The summed E-state index contributed by atoms with van der Waals surface area (Å²) in [5.41, 5.74) is 8.32. The Hall–Kier alpha value is -3.17. The van der Waals surface area contributed by atoms with Crippen LogP contribution in [0.4, 0.5) is 10.2 Å². The highest BCUT2D eigenvalue weighted by molar-refractivity contribution is 5.82. The number of benzene rings is 1. The lowest BCUT2D eigenvalue weighted by atomic mass is 9.90. The van der Waals surface area contributed by atoms with Crippen LogP contribution in [0.3, 0.4) is 0 Å². The van der Waals surface area contributed by atoms with E-state index >= 15 is 0 Å². The van der Waals surface area contributed by atoms with Gasteiger partial charge in [-0.25, -0.2) is 8.91 Å². The topological polar surface area (TPSA) is 87.3 Å². The minimum atomic E-state index is -1.19. The van der Waals surface area contributed by atoms with Crippen molar-refractivity contribution in [3.8, 4) is 17.2 Å². The predicted octanol–water partition coefficient (Wildman–Crippen LogP) is 3.69. The first-order valence-electron chi connectivity index (χ1n) is 8.11. The van der Waals surface area contributed by atoms with E-state index in [1.54, 1.807) is 38.1 Å². The van der Waals surface area contributed by atoms with Gasteiger partial charge in [0.05, 0.1) is 16.8 Å². The molecule has 132 valence electrons. The van der Waals surface area contributed by atoms with Crippen molar-refractivity contribution in [1.82, 2.24) is 9.61 Å². The van der Waals surface area contributed by atoms with E-state index in [-0.39, 0.29) is 17.2 Å². The molecule has 0 saturated heterocycles. The van der Waals surface area contributed by atoms with Gasteiger partial charge in [-0.15, -0.1) is 6.58 Å². The Bertz CT molecular complexity index is 1040. The van der Waals surface area contributed by atoms with E-state index in [1.165, 1.54) is 16.6 Å². The standard InChI is InChI=1S/C20H19FN4O/c1-4-9-20(3,26)18-12(2)24-25-17(18)10-15(16(11-22)19(25)23)13-5-7-14(21)8-6-13/h4-8,10,26H,1,9,23H2,2-3H3. The molecule has 5 nitrogen and oxygen atoms in total. The average molecular weight is 350 g/mol. The molecule has 0 spiro atoms. The van der Waals surface area contributed by atoms with E-state index in [1.807, 2.05) is 0 Å². The molecule has 1 atom stereocenters. The zero-order chi connectivity index (χ0) is 19.1. The number of hydrogen-bond donors (Lipinski definition) is 2. The summed E-state index contributed by atoms with van der Waals surface area (Å²) in [6, 6.07) is 9.69. The molecule has 1 aromatic carbocycles. The van der Waals surface area contributed by atoms with Crippen LogP contribution in [0.25, 0.3) is 16.6 Å². The molecule has 1 unspecified atom stereocenters. The Morgan fingerprint density at radius 1 is 1.42 bits per heavy atom. The van der Waals surface area contributed by atoms with Crippen LogP contribution in [-0.2, 0) is 5.60 Å². The van der Waals surface area contributed by atoms with Gasteiger partial charge in [0.15, 0.2) is 0 Å². The van der Waals surface area contributed by atoms with Crippen molar-refractivity contribution in [2.45, 2.75) is 25.9 Å². The highest BCUT2D eigenvalue weighted by Gasteiger charge is 2.30. The van der Waals surface area contributed by atoms with Crippen molar-refractivity contribution in [2.75, 3.05) is 5.73 Å². The molecular formula is C20H19FN4O. The van der Waals surface area contributed by atoms with Crippen molar-refractivity contribution in [1.29, 1.82) is 5.26 Å². The highest BCUT2D eigenvalue weighted by Crippen LogP contribution is 2.36. The van der Waals surface area contributed by atoms with Gasteiger partial charge in [-0.1, -0.05) is 18.2 Å². The summed E-state index contributed by atoms with van der Waals surface area (Å²) >= 11 is 0. The van der Waals surface area contributed by atoms with Gasteiger partial charge in [-0.3, -0.25) is 0 Å². The molecule has 0 saturated carbocycles. The predicted molar refractivity (Wildman–Crippen MR) is 98.8 cm³/mol. The normalized spacial score (nSPS) is 13.3. The fraction of sp³-hybridized carbons (Fsp3) is 0.200. The number of halogens is 1. The molecule has 0 aliphatic heterocycles. The van der Waals surface area contributed by atoms with Crippen LogP contribution in [0.1, 0.15) is 30.2 Å². The second-order valence-corrected chi connectivity index (χ2v) is 6.46. The summed E-state index contributed by atoms with van der Waals surface area (Å²) in [7, 11) is 0. The molecule has 3 rings (SSSR count). The number of aryl methyl sites for hydroxylation is 1. The number of nitriles is 1. The molecule has 0 bridgehead atoms. The molecule has 6 heteroatoms. The van der Waals surface area contributed by atoms with Crippen molar-refractivity contribution < 1.29 is 9.50 Å². The second-order valence-electron chi connectivity index (χ2n) is 6.46. The lowest BCUT2D eigenvalue weighted by molar-refractivity contribution is 0.0615. The molecule has 0 aliphatic carbocycles. The molecule has 0 fully saturated rings. The Morgan fingerprint density at radius 3 is 2.65 bits per heavy atom. The number of anilines is 1. The summed E-state index contributed by atoms with van der Waals surface area (Å²) in [6.07, 6.45) is 1.97. The largest absolute Gasteiger partial charge is 0.385 e. The van der Waals surface area contributed by atoms with Gasteiger partial charge in [0.2, 0.25) is 0 Å². The Morgan fingerprint density at radius 2 is 2.08 bits per heavy atom. The van der Waals surface area contributed by atoms with Gasteiger partial charge >= 0.3 is 0 Å². The average Bonchev–Trinajstić information content (AvgIpc) is 2.92. The van der Waals surface area contributed by atoms with E-state index in [0.29, 0.717) is 34.3 Å². The Balaban J connectivity index is 2.38. The fourth-order valence-electron chi connectivity index (χ4n) is 3.34. The second kappa shape index (κ2) is 6.28. The molecule has 0 amide bonds. The van der Waals surface area contributed by atoms with E-state index < -0.39 is 5.60 Å². The van der Waals surface area contributed by atoms with Gasteiger partial charge in [0.25, 0.3) is 0 Å². The van der Waals surface area contributed by atoms with Crippen LogP contribution in [-0.4, -0.2) is 14.7 Å². The van der Waals surface area contributed by atoms with Crippen LogP contribution in [0, 0.1) is 24.1 Å². The van der Waals surface area contributed by atoms with Crippen LogP contribution in [0.15, 0.2) is 43.0 Å². The lowest BCUT2D eigenvalue weighted by Gasteiger charge is -2.22. The number of aromatic nitrogens is 2. The van der Waals surface area contributed by atoms with Crippen molar-refractivity contribution in [2.24, 2.45) is 0 Å². The molecular weight excluding hydrogens is 331 g/mol. The Labute approximate surface area is 150 Å². The van der Waals surface area contributed by atoms with Crippen LogP contribution in [0.5, 0.6) is 0 Å². The van der Waals surface area contributed by atoms with E-state index in [9.17, 15) is 14.8 Å². The first kappa shape index (κ1) is 17.6. The number of aliphatic hydroxyl groups is 1. The van der Waals surface area contributed by atoms with Crippen molar-refractivity contribution >= 4 is 11.3 Å². The van der Waals surface area contributed by atoms with Crippen LogP contribution in [0.2, 0.25) is 0 Å². The van der Waals surface area contributed by atoms with Gasteiger partial charge in [0.1, 0.15) is 23.3 Å². The Kier molecular flexibility index (Phi) is 4.26. The summed E-state index contributed by atoms with van der Waals surface area (Å²) in [5, 5.41) is 24.9. The third-order valence-electron chi connectivity index (χ3n) is 4.48. The minimum absolute atomic E-state index is 0.174. The maximum absolute atomic E-state index is 13.3. The first-order valence-corrected chi connectivity index (χ1v) is 8.11. The number of fused-ring (bicyclic) bond motifs is 1. The lowest BCUT2D eigenvalue weighted by Crippen LogP contribution is -2.21. The maximum atomic E-state index is 13.3. The number of rotatable bonds is 4. The van der Waals surface area contributed by atoms with Gasteiger partial charge in [-0.2, -0.15) is 10.4 Å². The molecule has 2 heterocycles. The van der Waals surface area contributed by atoms with Gasteiger partial charge < -0.3 is 10.8 Å². The van der Waals surface area contributed by atoms with E-state index in [0.717, 1.165) is 0 Å². The maximum Gasteiger partial charge on any atom is 0.144 e. The number of nitrogens with two attached hydrogens (primary N) is 1. The molecule has 2 aromatic heterocycles. The number of hydrogen-bond acceptors (Lipinski definition) is 4. The summed E-state index contributed by atoms with van der Waals surface area (Å²) in [5.74, 6) is -0.191. The first-order chi connectivity index (χ1) is 12.3. The molecule has 0 aliphatic rings. The van der Waals surface area contributed by atoms with Crippen molar-refractivity contribution in [3.05, 3.63) is 65.6 Å².